The van der Waals surface area contributed by atoms with E-state index in [4.69, 9.17) is 5.26 Å². The minimum absolute atomic E-state index is 0.115. The average Bonchev–Trinajstić information content (AvgIpc) is 2.38. The summed E-state index contributed by atoms with van der Waals surface area (Å²) < 4.78 is 38.7. The molecule has 0 saturated heterocycles. The second kappa shape index (κ2) is 5.21. The molecule has 0 bridgehead atoms. The Balaban J connectivity index is 2.46. The topological polar surface area (TPSA) is 48.7 Å². The predicted molar refractivity (Wildman–Crippen MR) is 68.4 cm³/mol. The van der Waals surface area contributed by atoms with Crippen LogP contribution in [0.1, 0.15) is 16.8 Å². The molecule has 0 aliphatic carbocycles. The zero-order chi connectivity index (χ0) is 14.8. The van der Waals surface area contributed by atoms with Gasteiger partial charge >= 0.3 is 6.18 Å². The molecule has 2 rings (SSSR count). The molecule has 1 N–H and O–H groups in total. The van der Waals surface area contributed by atoms with Gasteiger partial charge in [0.05, 0.1) is 16.8 Å². The molecule has 0 aliphatic rings. The molecule has 0 radical (unpaired) electrons. The number of para-hydroxylation sites is 1. The largest absolute Gasteiger partial charge is 0.418 e. The first kappa shape index (κ1) is 13.9. The van der Waals surface area contributed by atoms with E-state index in [1.54, 1.807) is 13.0 Å². The quantitative estimate of drug-likeness (QED) is 0.901. The molecule has 3 nitrogen and oxygen atoms in total. The number of pyridine rings is 1. The van der Waals surface area contributed by atoms with Gasteiger partial charge in [-0.25, -0.2) is 4.98 Å². The van der Waals surface area contributed by atoms with Crippen molar-refractivity contribution in [3.8, 4) is 6.07 Å². The number of halogens is 3. The molecule has 1 aromatic carbocycles. The normalized spacial score (nSPS) is 10.9. The van der Waals surface area contributed by atoms with Gasteiger partial charge in [-0.3, -0.25) is 0 Å². The number of nitriles is 1. The van der Waals surface area contributed by atoms with Gasteiger partial charge in [0.15, 0.2) is 0 Å². The highest BCUT2D eigenvalue weighted by Crippen LogP contribution is 2.35. The van der Waals surface area contributed by atoms with E-state index in [-0.39, 0.29) is 17.1 Å². The van der Waals surface area contributed by atoms with Crippen LogP contribution in [-0.2, 0) is 6.18 Å². The van der Waals surface area contributed by atoms with Crippen molar-refractivity contribution in [2.45, 2.75) is 13.1 Å². The van der Waals surface area contributed by atoms with Crippen molar-refractivity contribution in [2.24, 2.45) is 0 Å². The van der Waals surface area contributed by atoms with E-state index in [2.05, 4.69) is 10.3 Å². The van der Waals surface area contributed by atoms with Gasteiger partial charge in [-0.05, 0) is 31.2 Å². The number of hydrogen-bond donors (Lipinski definition) is 1. The molecule has 0 aliphatic heterocycles. The minimum atomic E-state index is -4.47. The summed E-state index contributed by atoms with van der Waals surface area (Å²) in [6, 6.07) is 10.1. The SMILES string of the molecule is Cc1ccc(C#N)c(Nc2ccccc2C(F)(F)F)n1. The molecule has 0 fully saturated rings. The molecule has 0 spiro atoms. The Morgan fingerprint density at radius 3 is 2.50 bits per heavy atom. The van der Waals surface area contributed by atoms with Gasteiger partial charge in [0.1, 0.15) is 11.9 Å². The van der Waals surface area contributed by atoms with E-state index in [0.29, 0.717) is 5.69 Å². The van der Waals surface area contributed by atoms with Gasteiger partial charge in [-0.2, -0.15) is 18.4 Å². The molecular formula is C14H10F3N3. The number of alkyl halides is 3. The van der Waals surface area contributed by atoms with Crippen molar-refractivity contribution >= 4 is 11.5 Å². The lowest BCUT2D eigenvalue weighted by atomic mass is 10.1. The maximum atomic E-state index is 12.9. The number of nitrogens with zero attached hydrogens (tertiary/aromatic N) is 2. The molecule has 0 saturated carbocycles. The van der Waals surface area contributed by atoms with Crippen molar-refractivity contribution in [3.63, 3.8) is 0 Å². The van der Waals surface area contributed by atoms with E-state index >= 15 is 0 Å². The van der Waals surface area contributed by atoms with Crippen LogP contribution in [0, 0.1) is 18.3 Å². The number of anilines is 2. The Labute approximate surface area is 113 Å². The molecular weight excluding hydrogens is 267 g/mol. The van der Waals surface area contributed by atoms with Gasteiger partial charge < -0.3 is 5.32 Å². The van der Waals surface area contributed by atoms with Crippen molar-refractivity contribution in [1.82, 2.24) is 4.98 Å². The highest BCUT2D eigenvalue weighted by atomic mass is 19.4. The number of hydrogen-bond acceptors (Lipinski definition) is 3. The van der Waals surface area contributed by atoms with Crippen LogP contribution in [0.5, 0.6) is 0 Å². The zero-order valence-corrected chi connectivity index (χ0v) is 10.5. The summed E-state index contributed by atoms with van der Waals surface area (Å²) >= 11 is 0. The third-order valence-electron chi connectivity index (χ3n) is 2.64. The Kier molecular flexibility index (Phi) is 3.61. The van der Waals surface area contributed by atoms with E-state index in [0.717, 1.165) is 6.07 Å². The smallest absolute Gasteiger partial charge is 0.339 e. The van der Waals surface area contributed by atoms with E-state index in [9.17, 15) is 13.2 Å². The predicted octanol–water partition coefficient (Wildman–Crippen LogP) is 4.02. The van der Waals surface area contributed by atoms with Crippen molar-refractivity contribution in [1.29, 1.82) is 5.26 Å². The van der Waals surface area contributed by atoms with Gasteiger partial charge in [0, 0.05) is 5.69 Å². The maximum absolute atomic E-state index is 12.9. The summed E-state index contributed by atoms with van der Waals surface area (Å²) in [5.74, 6) is 0.115. The van der Waals surface area contributed by atoms with Crippen LogP contribution < -0.4 is 5.32 Å². The first-order chi connectivity index (χ1) is 9.41. The van der Waals surface area contributed by atoms with Gasteiger partial charge in [-0.1, -0.05) is 12.1 Å². The van der Waals surface area contributed by atoms with Crippen LogP contribution in [0.15, 0.2) is 36.4 Å². The fourth-order valence-electron chi connectivity index (χ4n) is 1.71. The summed E-state index contributed by atoms with van der Waals surface area (Å²) in [4.78, 5) is 4.06. The molecule has 6 heteroatoms. The van der Waals surface area contributed by atoms with E-state index in [1.165, 1.54) is 24.3 Å². The number of rotatable bonds is 2. The Hall–Kier alpha value is -2.55. The molecule has 0 unspecified atom stereocenters. The molecule has 20 heavy (non-hydrogen) atoms. The van der Waals surface area contributed by atoms with Crippen LogP contribution in [-0.4, -0.2) is 4.98 Å². The van der Waals surface area contributed by atoms with Gasteiger partial charge in [0.25, 0.3) is 0 Å². The molecule has 0 atom stereocenters. The third kappa shape index (κ3) is 2.88. The minimum Gasteiger partial charge on any atom is -0.339 e. The Morgan fingerprint density at radius 2 is 1.85 bits per heavy atom. The van der Waals surface area contributed by atoms with Crippen LogP contribution in [0.4, 0.5) is 24.7 Å². The molecule has 102 valence electrons. The summed E-state index contributed by atoms with van der Waals surface area (Å²) in [6.07, 6.45) is -4.47. The Morgan fingerprint density at radius 1 is 1.15 bits per heavy atom. The molecule has 2 aromatic rings. The second-order valence-corrected chi connectivity index (χ2v) is 4.13. The van der Waals surface area contributed by atoms with Crippen molar-refractivity contribution < 1.29 is 13.2 Å². The van der Waals surface area contributed by atoms with Gasteiger partial charge in [0.2, 0.25) is 0 Å². The summed E-state index contributed by atoms with van der Waals surface area (Å²) in [5, 5.41) is 11.6. The number of benzene rings is 1. The maximum Gasteiger partial charge on any atom is 0.418 e. The summed E-state index contributed by atoms with van der Waals surface area (Å²) in [6.45, 7) is 1.70. The van der Waals surface area contributed by atoms with Crippen LogP contribution in [0.2, 0.25) is 0 Å². The highest BCUT2D eigenvalue weighted by Gasteiger charge is 2.33. The lowest BCUT2D eigenvalue weighted by Crippen LogP contribution is -2.09. The highest BCUT2D eigenvalue weighted by molar-refractivity contribution is 5.66. The fraction of sp³-hybridized carbons (Fsp3) is 0.143. The van der Waals surface area contributed by atoms with Crippen LogP contribution in [0.3, 0.4) is 0 Å². The standard InChI is InChI=1S/C14H10F3N3/c1-9-6-7-10(8-18)13(19-9)20-12-5-3-2-4-11(12)14(15,16)17/h2-7H,1H3,(H,19,20). The Bertz CT molecular complexity index is 672. The average molecular weight is 277 g/mol. The first-order valence-electron chi connectivity index (χ1n) is 5.73. The second-order valence-electron chi connectivity index (χ2n) is 4.13. The first-order valence-corrected chi connectivity index (χ1v) is 5.73. The number of aryl methyl sites for hydroxylation is 1. The lowest BCUT2D eigenvalue weighted by molar-refractivity contribution is -0.136. The molecule has 0 amide bonds. The van der Waals surface area contributed by atoms with Crippen molar-refractivity contribution in [2.75, 3.05) is 5.32 Å². The van der Waals surface area contributed by atoms with Crippen LogP contribution >= 0.6 is 0 Å². The van der Waals surface area contributed by atoms with Crippen LogP contribution in [0.25, 0.3) is 0 Å². The lowest BCUT2D eigenvalue weighted by Gasteiger charge is -2.14. The fourth-order valence-corrected chi connectivity index (χ4v) is 1.71. The number of nitrogens with one attached hydrogen (secondary N) is 1. The van der Waals surface area contributed by atoms with E-state index in [1.807, 2.05) is 6.07 Å². The molecule has 1 aromatic heterocycles. The monoisotopic (exact) mass is 277 g/mol. The molecule has 1 heterocycles. The zero-order valence-electron chi connectivity index (χ0n) is 10.5. The third-order valence-corrected chi connectivity index (χ3v) is 2.64. The van der Waals surface area contributed by atoms with Crippen molar-refractivity contribution in [3.05, 3.63) is 53.2 Å². The van der Waals surface area contributed by atoms with E-state index < -0.39 is 11.7 Å². The number of aromatic nitrogens is 1. The van der Waals surface area contributed by atoms with Gasteiger partial charge in [-0.15, -0.1) is 0 Å². The summed E-state index contributed by atoms with van der Waals surface area (Å²) in [7, 11) is 0. The summed E-state index contributed by atoms with van der Waals surface area (Å²) in [5.41, 5.74) is -0.134.